The Morgan fingerprint density at radius 2 is 2.00 bits per heavy atom. The highest BCUT2D eigenvalue weighted by Crippen LogP contribution is 2.24. The van der Waals surface area contributed by atoms with Crippen molar-refractivity contribution in [2.45, 2.75) is 26.8 Å². The van der Waals surface area contributed by atoms with E-state index < -0.39 is 0 Å². The lowest BCUT2D eigenvalue weighted by Crippen LogP contribution is -2.26. The van der Waals surface area contributed by atoms with Crippen LogP contribution in [0, 0.1) is 5.92 Å². The standard InChI is InChI=1S/C14H23NO2/c1-4-17-14-8-6-5-7-13(14)12(3)15-9-11(2)10-16/h5-8,11-12,15-16H,4,9-10H2,1-3H3. The molecule has 0 aliphatic rings. The lowest BCUT2D eigenvalue weighted by atomic mass is 10.1. The fourth-order valence-corrected chi connectivity index (χ4v) is 1.68. The highest BCUT2D eigenvalue weighted by atomic mass is 16.5. The molecule has 0 amide bonds. The van der Waals surface area contributed by atoms with Gasteiger partial charge < -0.3 is 15.2 Å². The van der Waals surface area contributed by atoms with Gasteiger partial charge in [0.1, 0.15) is 5.75 Å². The van der Waals surface area contributed by atoms with Crippen LogP contribution in [-0.2, 0) is 0 Å². The molecule has 1 aromatic carbocycles. The van der Waals surface area contributed by atoms with Gasteiger partial charge in [-0.15, -0.1) is 0 Å². The molecule has 17 heavy (non-hydrogen) atoms. The predicted octanol–water partition coefficient (Wildman–Crippen LogP) is 2.36. The average molecular weight is 237 g/mol. The molecule has 0 aliphatic carbocycles. The van der Waals surface area contributed by atoms with E-state index in [1.54, 1.807) is 0 Å². The smallest absolute Gasteiger partial charge is 0.124 e. The first kappa shape index (κ1) is 14.0. The van der Waals surface area contributed by atoms with Gasteiger partial charge in [0.25, 0.3) is 0 Å². The minimum absolute atomic E-state index is 0.215. The summed E-state index contributed by atoms with van der Waals surface area (Å²) in [5.74, 6) is 1.21. The van der Waals surface area contributed by atoms with Crippen molar-refractivity contribution in [3.8, 4) is 5.75 Å². The van der Waals surface area contributed by atoms with Crippen LogP contribution in [0.25, 0.3) is 0 Å². The van der Waals surface area contributed by atoms with Crippen molar-refractivity contribution in [2.75, 3.05) is 19.8 Å². The van der Waals surface area contributed by atoms with Gasteiger partial charge in [-0.25, -0.2) is 0 Å². The number of para-hydroxylation sites is 1. The normalized spacial score (nSPS) is 14.4. The van der Waals surface area contributed by atoms with Crippen molar-refractivity contribution in [1.29, 1.82) is 0 Å². The van der Waals surface area contributed by atoms with Crippen molar-refractivity contribution in [3.63, 3.8) is 0 Å². The van der Waals surface area contributed by atoms with Crippen LogP contribution in [0.5, 0.6) is 5.75 Å². The van der Waals surface area contributed by atoms with Gasteiger partial charge in [-0.2, -0.15) is 0 Å². The summed E-state index contributed by atoms with van der Waals surface area (Å²) in [7, 11) is 0. The van der Waals surface area contributed by atoms with Gasteiger partial charge in [0, 0.05) is 24.8 Å². The van der Waals surface area contributed by atoms with Crippen molar-refractivity contribution < 1.29 is 9.84 Å². The Morgan fingerprint density at radius 1 is 1.29 bits per heavy atom. The molecule has 3 heteroatoms. The van der Waals surface area contributed by atoms with Gasteiger partial charge in [-0.3, -0.25) is 0 Å². The predicted molar refractivity (Wildman–Crippen MR) is 70.3 cm³/mol. The van der Waals surface area contributed by atoms with Crippen LogP contribution < -0.4 is 10.1 Å². The fourth-order valence-electron chi connectivity index (χ4n) is 1.68. The number of rotatable bonds is 7. The highest BCUT2D eigenvalue weighted by Gasteiger charge is 2.11. The maximum absolute atomic E-state index is 8.99. The number of ether oxygens (including phenoxy) is 1. The van der Waals surface area contributed by atoms with Crippen molar-refractivity contribution in [2.24, 2.45) is 5.92 Å². The quantitative estimate of drug-likeness (QED) is 0.765. The maximum Gasteiger partial charge on any atom is 0.124 e. The summed E-state index contributed by atoms with van der Waals surface area (Å²) in [5, 5.41) is 12.4. The third kappa shape index (κ3) is 4.36. The van der Waals surface area contributed by atoms with E-state index in [1.165, 1.54) is 5.56 Å². The third-order valence-corrected chi connectivity index (χ3v) is 2.77. The number of benzene rings is 1. The van der Waals surface area contributed by atoms with E-state index in [0.717, 1.165) is 12.3 Å². The monoisotopic (exact) mass is 237 g/mol. The molecule has 0 aromatic heterocycles. The molecule has 0 fully saturated rings. The van der Waals surface area contributed by atoms with Crippen LogP contribution in [0.4, 0.5) is 0 Å². The summed E-state index contributed by atoms with van der Waals surface area (Å²) in [6, 6.07) is 8.30. The molecular weight excluding hydrogens is 214 g/mol. The second-order valence-electron chi connectivity index (χ2n) is 4.39. The van der Waals surface area contributed by atoms with Gasteiger partial charge in [0.2, 0.25) is 0 Å². The first-order valence-corrected chi connectivity index (χ1v) is 6.25. The van der Waals surface area contributed by atoms with E-state index in [2.05, 4.69) is 18.3 Å². The molecule has 2 atom stereocenters. The molecule has 0 radical (unpaired) electrons. The summed E-state index contributed by atoms with van der Waals surface area (Å²) < 4.78 is 5.60. The molecular formula is C14H23NO2. The first-order chi connectivity index (χ1) is 8.19. The minimum Gasteiger partial charge on any atom is -0.494 e. The SMILES string of the molecule is CCOc1ccccc1C(C)NCC(C)CO. The lowest BCUT2D eigenvalue weighted by molar-refractivity contribution is 0.230. The molecule has 0 saturated carbocycles. The summed E-state index contributed by atoms with van der Waals surface area (Å²) in [5.41, 5.74) is 1.17. The zero-order valence-electron chi connectivity index (χ0n) is 10.9. The van der Waals surface area contributed by atoms with Crippen LogP contribution in [0.15, 0.2) is 24.3 Å². The van der Waals surface area contributed by atoms with E-state index in [9.17, 15) is 0 Å². The van der Waals surface area contributed by atoms with E-state index in [4.69, 9.17) is 9.84 Å². The zero-order chi connectivity index (χ0) is 12.7. The highest BCUT2D eigenvalue weighted by molar-refractivity contribution is 5.35. The van der Waals surface area contributed by atoms with Gasteiger partial charge in [0.15, 0.2) is 0 Å². The molecule has 1 aromatic rings. The molecule has 96 valence electrons. The Hall–Kier alpha value is -1.06. The van der Waals surface area contributed by atoms with Crippen LogP contribution in [-0.4, -0.2) is 24.9 Å². The molecule has 3 nitrogen and oxygen atoms in total. The minimum atomic E-state index is 0.215. The van der Waals surface area contributed by atoms with Crippen molar-refractivity contribution in [1.82, 2.24) is 5.32 Å². The molecule has 0 aliphatic heterocycles. The molecule has 0 bridgehead atoms. The number of nitrogens with one attached hydrogen (secondary N) is 1. The van der Waals surface area contributed by atoms with Crippen LogP contribution in [0.1, 0.15) is 32.4 Å². The molecule has 1 rings (SSSR count). The fraction of sp³-hybridized carbons (Fsp3) is 0.571. The lowest BCUT2D eigenvalue weighted by Gasteiger charge is -2.19. The Kier molecular flexibility index (Phi) is 6.01. The van der Waals surface area contributed by atoms with Crippen molar-refractivity contribution in [3.05, 3.63) is 29.8 Å². The third-order valence-electron chi connectivity index (χ3n) is 2.77. The summed E-state index contributed by atoms with van der Waals surface area (Å²) >= 11 is 0. The van der Waals surface area contributed by atoms with Gasteiger partial charge in [-0.05, 0) is 25.8 Å². The van der Waals surface area contributed by atoms with Gasteiger partial charge >= 0.3 is 0 Å². The van der Waals surface area contributed by atoms with Crippen LogP contribution in [0.3, 0.4) is 0 Å². The Labute approximate surface area is 104 Å². The van der Waals surface area contributed by atoms with Crippen molar-refractivity contribution >= 4 is 0 Å². The number of hydrogen-bond acceptors (Lipinski definition) is 3. The molecule has 2 unspecified atom stereocenters. The van der Waals surface area contributed by atoms with E-state index in [1.807, 2.05) is 32.0 Å². The van der Waals surface area contributed by atoms with E-state index in [0.29, 0.717) is 6.61 Å². The Balaban J connectivity index is 2.64. The number of aliphatic hydroxyl groups is 1. The summed E-state index contributed by atoms with van der Waals surface area (Å²) in [6.07, 6.45) is 0. The zero-order valence-corrected chi connectivity index (χ0v) is 10.9. The maximum atomic E-state index is 8.99. The average Bonchev–Trinajstić information content (AvgIpc) is 2.36. The summed E-state index contributed by atoms with van der Waals surface area (Å²) in [6.45, 7) is 7.82. The van der Waals surface area contributed by atoms with E-state index in [-0.39, 0.29) is 18.6 Å². The second kappa shape index (κ2) is 7.30. The Morgan fingerprint density at radius 3 is 2.65 bits per heavy atom. The van der Waals surface area contributed by atoms with Gasteiger partial charge in [0.05, 0.1) is 6.61 Å². The second-order valence-corrected chi connectivity index (χ2v) is 4.39. The largest absolute Gasteiger partial charge is 0.494 e. The summed E-state index contributed by atoms with van der Waals surface area (Å²) in [4.78, 5) is 0. The van der Waals surface area contributed by atoms with E-state index >= 15 is 0 Å². The van der Waals surface area contributed by atoms with Gasteiger partial charge in [-0.1, -0.05) is 25.1 Å². The number of hydrogen-bond donors (Lipinski definition) is 2. The topological polar surface area (TPSA) is 41.5 Å². The number of aliphatic hydroxyl groups excluding tert-OH is 1. The molecule has 2 N–H and O–H groups in total. The molecule has 0 saturated heterocycles. The first-order valence-electron chi connectivity index (χ1n) is 6.25. The van der Waals surface area contributed by atoms with Crippen LogP contribution >= 0.6 is 0 Å². The molecule has 0 spiro atoms. The Bertz CT molecular complexity index is 328. The van der Waals surface area contributed by atoms with Crippen LogP contribution in [0.2, 0.25) is 0 Å². The molecule has 0 heterocycles.